The van der Waals surface area contributed by atoms with Crippen molar-refractivity contribution in [2.45, 2.75) is 23.8 Å². The number of methoxy groups -OCH3 is 1. The van der Waals surface area contributed by atoms with Crippen LogP contribution in [0.15, 0.2) is 41.3 Å². The Kier molecular flexibility index (Phi) is 4.51. The van der Waals surface area contributed by atoms with E-state index in [9.17, 15) is 17.2 Å². The van der Waals surface area contributed by atoms with E-state index in [2.05, 4.69) is 9.71 Å². The molecule has 1 saturated carbocycles. The van der Waals surface area contributed by atoms with Crippen molar-refractivity contribution in [3.05, 3.63) is 53.7 Å². The van der Waals surface area contributed by atoms with Crippen molar-refractivity contribution in [2.75, 3.05) is 11.8 Å². The SMILES string of the molecule is COC(c1cccc(NS(=O)(=O)c2cc(F)ccc2F)n1)C1CC1. The van der Waals surface area contributed by atoms with Gasteiger partial charge in [-0.05, 0) is 49.1 Å². The molecule has 0 amide bonds. The number of benzene rings is 1. The fourth-order valence-corrected chi connectivity index (χ4v) is 3.59. The third-order valence-corrected chi connectivity index (χ3v) is 5.16. The molecule has 24 heavy (non-hydrogen) atoms. The van der Waals surface area contributed by atoms with Gasteiger partial charge >= 0.3 is 0 Å². The molecular weight excluding hydrogens is 338 g/mol. The average molecular weight is 354 g/mol. The van der Waals surface area contributed by atoms with Crippen molar-refractivity contribution in [1.29, 1.82) is 0 Å². The van der Waals surface area contributed by atoms with Crippen LogP contribution in [-0.4, -0.2) is 20.5 Å². The summed E-state index contributed by atoms with van der Waals surface area (Å²) in [7, 11) is -2.72. The first-order chi connectivity index (χ1) is 11.4. The van der Waals surface area contributed by atoms with Crippen LogP contribution in [0.25, 0.3) is 0 Å². The summed E-state index contributed by atoms with van der Waals surface area (Å²) in [6, 6.07) is 7.07. The summed E-state index contributed by atoms with van der Waals surface area (Å²) in [5.41, 5.74) is 0.597. The van der Waals surface area contributed by atoms with E-state index in [0.29, 0.717) is 17.7 Å². The van der Waals surface area contributed by atoms with E-state index < -0.39 is 26.6 Å². The predicted octanol–water partition coefficient (Wildman–Crippen LogP) is 3.26. The van der Waals surface area contributed by atoms with Crippen molar-refractivity contribution in [2.24, 2.45) is 5.92 Å². The minimum Gasteiger partial charge on any atom is -0.375 e. The zero-order valence-electron chi connectivity index (χ0n) is 12.9. The van der Waals surface area contributed by atoms with E-state index >= 15 is 0 Å². The number of rotatable bonds is 6. The average Bonchev–Trinajstić information content (AvgIpc) is 3.35. The van der Waals surface area contributed by atoms with Gasteiger partial charge in [-0.25, -0.2) is 22.2 Å². The minimum atomic E-state index is -4.29. The van der Waals surface area contributed by atoms with Gasteiger partial charge in [0.15, 0.2) is 0 Å². The Balaban J connectivity index is 1.88. The predicted molar refractivity (Wildman–Crippen MR) is 83.9 cm³/mol. The van der Waals surface area contributed by atoms with Crippen molar-refractivity contribution in [3.63, 3.8) is 0 Å². The standard InChI is InChI=1S/C16H16F2N2O3S/c1-23-16(10-5-6-10)13-3-2-4-15(19-13)20-24(21,22)14-9-11(17)7-8-12(14)18/h2-4,7-10,16H,5-6H2,1H3,(H,19,20). The molecule has 0 saturated heterocycles. The largest absolute Gasteiger partial charge is 0.375 e. The van der Waals surface area contributed by atoms with E-state index in [1.165, 1.54) is 6.07 Å². The van der Waals surface area contributed by atoms with Crippen molar-refractivity contribution >= 4 is 15.8 Å². The van der Waals surface area contributed by atoms with Crippen LogP contribution in [0.3, 0.4) is 0 Å². The molecule has 1 aromatic heterocycles. The number of nitrogens with one attached hydrogen (secondary N) is 1. The normalized spacial score (nSPS) is 16.0. The first-order valence-corrected chi connectivity index (χ1v) is 8.86. The van der Waals surface area contributed by atoms with Crippen molar-refractivity contribution < 1.29 is 21.9 Å². The molecule has 1 fully saturated rings. The van der Waals surface area contributed by atoms with Gasteiger partial charge in [0, 0.05) is 7.11 Å². The summed E-state index contributed by atoms with van der Waals surface area (Å²) >= 11 is 0. The molecule has 1 aliphatic carbocycles. The highest BCUT2D eigenvalue weighted by atomic mass is 32.2. The maximum absolute atomic E-state index is 13.7. The maximum atomic E-state index is 13.7. The lowest BCUT2D eigenvalue weighted by atomic mass is 10.1. The number of pyridine rings is 1. The topological polar surface area (TPSA) is 68.3 Å². The van der Waals surface area contributed by atoms with Gasteiger partial charge < -0.3 is 4.74 Å². The number of hydrogen-bond acceptors (Lipinski definition) is 4. The number of nitrogens with zero attached hydrogens (tertiary/aromatic N) is 1. The Morgan fingerprint density at radius 2 is 2.00 bits per heavy atom. The summed E-state index contributed by atoms with van der Waals surface area (Å²) in [6.07, 6.45) is 1.86. The molecule has 5 nitrogen and oxygen atoms in total. The summed E-state index contributed by atoms with van der Waals surface area (Å²) < 4.78 is 59.1. The van der Waals surface area contributed by atoms with Gasteiger partial charge in [0.25, 0.3) is 10.0 Å². The molecule has 2 aromatic rings. The van der Waals surface area contributed by atoms with Crippen LogP contribution in [0.4, 0.5) is 14.6 Å². The Bertz CT molecular complexity index is 854. The second-order valence-electron chi connectivity index (χ2n) is 5.62. The molecule has 1 atom stereocenters. The van der Waals surface area contributed by atoms with E-state index in [4.69, 9.17) is 4.74 Å². The number of hydrogen-bond donors (Lipinski definition) is 1. The van der Waals surface area contributed by atoms with Gasteiger partial charge in [-0.1, -0.05) is 6.07 Å². The van der Waals surface area contributed by atoms with Crippen LogP contribution in [0.2, 0.25) is 0 Å². The molecule has 1 aromatic carbocycles. The van der Waals surface area contributed by atoms with Crippen molar-refractivity contribution in [3.8, 4) is 0 Å². The lowest BCUT2D eigenvalue weighted by Gasteiger charge is -2.15. The molecule has 3 rings (SSSR count). The van der Waals surface area contributed by atoms with Gasteiger partial charge in [-0.3, -0.25) is 4.72 Å². The second-order valence-corrected chi connectivity index (χ2v) is 7.27. The summed E-state index contributed by atoms with van der Waals surface area (Å²) in [4.78, 5) is 3.47. The summed E-state index contributed by atoms with van der Waals surface area (Å²) in [5, 5.41) is 0. The number of anilines is 1. The molecule has 0 spiro atoms. The van der Waals surface area contributed by atoms with Crippen LogP contribution < -0.4 is 4.72 Å². The smallest absolute Gasteiger partial charge is 0.266 e. The quantitative estimate of drug-likeness (QED) is 0.865. The molecule has 0 bridgehead atoms. The Morgan fingerprint density at radius 1 is 1.25 bits per heavy atom. The summed E-state index contributed by atoms with van der Waals surface area (Å²) in [5.74, 6) is -1.48. The molecular formula is C16H16F2N2O3S. The van der Waals surface area contributed by atoms with Gasteiger partial charge in [0.1, 0.15) is 28.5 Å². The first-order valence-electron chi connectivity index (χ1n) is 7.38. The van der Waals surface area contributed by atoms with Gasteiger partial charge in [-0.15, -0.1) is 0 Å². The highest BCUT2D eigenvalue weighted by Gasteiger charge is 2.33. The molecule has 0 aliphatic heterocycles. The molecule has 1 aliphatic rings. The number of halogens is 2. The second kappa shape index (κ2) is 6.45. The van der Waals surface area contributed by atoms with E-state index in [-0.39, 0.29) is 11.9 Å². The zero-order chi connectivity index (χ0) is 17.3. The van der Waals surface area contributed by atoms with Crippen LogP contribution in [0, 0.1) is 17.6 Å². The third-order valence-electron chi connectivity index (χ3n) is 3.79. The Morgan fingerprint density at radius 3 is 2.67 bits per heavy atom. The highest BCUT2D eigenvalue weighted by Crippen LogP contribution is 2.42. The van der Waals surface area contributed by atoms with Crippen LogP contribution in [0.5, 0.6) is 0 Å². The maximum Gasteiger partial charge on any atom is 0.266 e. The van der Waals surface area contributed by atoms with E-state index in [0.717, 1.165) is 25.0 Å². The first kappa shape index (κ1) is 16.8. The molecule has 8 heteroatoms. The van der Waals surface area contributed by atoms with Crippen molar-refractivity contribution in [1.82, 2.24) is 4.98 Å². The molecule has 1 heterocycles. The summed E-state index contributed by atoms with van der Waals surface area (Å²) in [6.45, 7) is 0. The van der Waals surface area contributed by atoms with Gasteiger partial charge in [0.2, 0.25) is 0 Å². The lowest BCUT2D eigenvalue weighted by molar-refractivity contribution is 0.0812. The van der Waals surface area contributed by atoms with E-state index in [1.807, 2.05) is 0 Å². The minimum absolute atomic E-state index is 0.0267. The van der Waals surface area contributed by atoms with E-state index in [1.54, 1.807) is 19.2 Å². The fourth-order valence-electron chi connectivity index (χ4n) is 2.50. The number of aromatic nitrogens is 1. The Labute approximate surface area is 138 Å². The number of ether oxygens (including phenoxy) is 1. The zero-order valence-corrected chi connectivity index (χ0v) is 13.7. The molecule has 128 valence electrons. The highest BCUT2D eigenvalue weighted by molar-refractivity contribution is 7.92. The Hall–Kier alpha value is -2.06. The lowest BCUT2D eigenvalue weighted by Crippen LogP contribution is -2.17. The monoisotopic (exact) mass is 354 g/mol. The molecule has 1 unspecified atom stereocenters. The fraction of sp³-hybridized carbons (Fsp3) is 0.312. The molecule has 0 radical (unpaired) electrons. The van der Waals surface area contributed by atoms with Crippen LogP contribution in [-0.2, 0) is 14.8 Å². The third kappa shape index (κ3) is 3.54. The van der Waals surface area contributed by atoms with Crippen LogP contribution >= 0.6 is 0 Å². The molecule has 1 N–H and O–H groups in total. The number of sulfonamides is 1. The van der Waals surface area contributed by atoms with Crippen LogP contribution in [0.1, 0.15) is 24.6 Å². The van der Waals surface area contributed by atoms with Gasteiger partial charge in [-0.2, -0.15) is 0 Å². The van der Waals surface area contributed by atoms with Gasteiger partial charge in [0.05, 0.1) is 5.69 Å².